The third-order valence-corrected chi connectivity index (χ3v) is 7.69. The van der Waals surface area contributed by atoms with E-state index in [-0.39, 0.29) is 35.8 Å². The number of urea groups is 1. The molecule has 2 saturated heterocycles. The summed E-state index contributed by atoms with van der Waals surface area (Å²) in [6.07, 6.45) is -5.18. The van der Waals surface area contributed by atoms with Gasteiger partial charge in [0.1, 0.15) is 0 Å². The van der Waals surface area contributed by atoms with Crippen LogP contribution in [0, 0.1) is 0 Å². The van der Waals surface area contributed by atoms with Crippen molar-refractivity contribution in [2.75, 3.05) is 25.5 Å². The molecule has 9 N–H and O–H groups in total. The van der Waals surface area contributed by atoms with Crippen LogP contribution in [0.5, 0.6) is 0 Å². The molecule has 2 aromatic heterocycles. The number of carbonyl (C=O) groups is 1. The summed E-state index contributed by atoms with van der Waals surface area (Å²) in [7, 11) is -4.86. The van der Waals surface area contributed by atoms with Crippen molar-refractivity contribution >= 4 is 37.0 Å². The summed E-state index contributed by atoms with van der Waals surface area (Å²) in [5, 5.41) is 30.7. The number of hydrogen-bond acceptors (Lipinski definition) is 15. The number of nitrogens with zero attached hydrogens (tertiary/aromatic N) is 6. The van der Waals surface area contributed by atoms with Crippen LogP contribution < -0.4 is 11.5 Å². The van der Waals surface area contributed by atoms with Gasteiger partial charge in [-0.25, -0.2) is 0 Å². The zero-order chi connectivity index (χ0) is 27.2. The van der Waals surface area contributed by atoms with Gasteiger partial charge < -0.3 is 0 Å². The number of rotatable bonds is 8. The minimum absolute atomic E-state index is 0.00759. The Morgan fingerprint density at radius 2 is 1.92 bits per heavy atom. The Kier molecular flexibility index (Phi) is 7.44. The molecule has 2 amide bonds. The Bertz CT molecular complexity index is 1220. The molecule has 2 aromatic rings. The first kappa shape index (κ1) is 26.9. The Morgan fingerprint density at radius 1 is 1.13 bits per heavy atom. The molecule has 5 heterocycles. The van der Waals surface area contributed by atoms with Gasteiger partial charge in [0.15, 0.2) is 0 Å². The van der Waals surface area contributed by atoms with Crippen LogP contribution in [0.3, 0.4) is 0 Å². The average molecular weight is 560 g/mol. The number of aliphatic hydroxyl groups excluding tert-OH is 3. The third kappa shape index (κ3) is 5.15. The van der Waals surface area contributed by atoms with E-state index in [4.69, 9.17) is 30.0 Å². The second kappa shape index (κ2) is 10.5. The van der Waals surface area contributed by atoms with E-state index in [2.05, 4.69) is 19.9 Å². The fraction of sp³-hybridized carbons (Fsp3) is 0.632. The Hall–Kier alpha value is -2.64. The summed E-state index contributed by atoms with van der Waals surface area (Å²) in [4.78, 5) is 50.1. The number of carbonyl (C=O) groups excluding carboxylic acids is 1. The van der Waals surface area contributed by atoms with Crippen molar-refractivity contribution in [1.82, 2.24) is 24.4 Å². The minimum atomic E-state index is -4.86. The maximum atomic E-state index is 12.2. The summed E-state index contributed by atoms with van der Waals surface area (Å²) < 4.78 is 23.3. The van der Waals surface area contributed by atoms with Crippen molar-refractivity contribution in [3.8, 4) is 0 Å². The van der Waals surface area contributed by atoms with Gasteiger partial charge in [-0.3, -0.25) is 0 Å². The van der Waals surface area contributed by atoms with Crippen LogP contribution in [0.15, 0.2) is 17.6 Å². The zero-order valence-corrected chi connectivity index (χ0v) is 20.8. The molecule has 2 fully saturated rings. The van der Waals surface area contributed by atoms with Crippen LogP contribution in [0.4, 0.5) is 10.6 Å². The normalized spacial score (nSPS) is 32.8. The van der Waals surface area contributed by atoms with Crippen molar-refractivity contribution in [1.29, 1.82) is 0 Å². The SMILES string of the molecule is NC1=NC(=O)N([C@H]2C[C@H](O[PH](O)(O)OC[C@H]3O[C@@H](n4cnc5c(N)ncnc54)[C@H](O)[C@@H]3O)[C@@H](CO)O2)CC1. The second-order valence-electron chi connectivity index (χ2n) is 9.02. The number of nitrogens with two attached hydrogens (primary N) is 2. The molecular weight excluding hydrogens is 531 g/mol. The topological polar surface area (TPSA) is 266 Å². The van der Waals surface area contributed by atoms with Gasteiger partial charge in [-0.1, -0.05) is 0 Å². The van der Waals surface area contributed by atoms with E-state index in [0.717, 1.165) is 0 Å². The summed E-state index contributed by atoms with van der Waals surface area (Å²) >= 11 is 0. The van der Waals surface area contributed by atoms with Gasteiger partial charge in [-0.05, 0) is 0 Å². The molecule has 0 aromatic carbocycles. The number of amidine groups is 1. The number of nitrogen functional groups attached to an aromatic ring is 1. The van der Waals surface area contributed by atoms with E-state index in [1.165, 1.54) is 22.1 Å². The van der Waals surface area contributed by atoms with Gasteiger partial charge in [0.2, 0.25) is 0 Å². The first-order valence-electron chi connectivity index (χ1n) is 11.7. The first-order chi connectivity index (χ1) is 18.1. The molecule has 5 rings (SSSR count). The number of aliphatic imine (C=N–C) groups is 1. The van der Waals surface area contributed by atoms with Gasteiger partial charge in [0.05, 0.1) is 0 Å². The molecule has 0 aliphatic carbocycles. The number of amides is 2. The summed E-state index contributed by atoms with van der Waals surface area (Å²) in [5.74, 6) is 0.319. The van der Waals surface area contributed by atoms with Crippen LogP contribution in [0.1, 0.15) is 19.1 Å². The van der Waals surface area contributed by atoms with E-state index in [1.54, 1.807) is 0 Å². The molecule has 19 heteroatoms. The van der Waals surface area contributed by atoms with Gasteiger partial charge >= 0.3 is 215 Å². The predicted molar refractivity (Wildman–Crippen MR) is 128 cm³/mol. The molecule has 0 bridgehead atoms. The Balaban J connectivity index is 1.20. The number of anilines is 1. The Labute approximate surface area is 215 Å². The molecule has 0 saturated carbocycles. The molecule has 7 atom stereocenters. The summed E-state index contributed by atoms with van der Waals surface area (Å²) in [6.45, 7) is -0.840. The fourth-order valence-electron chi connectivity index (χ4n) is 4.60. The standard InChI is InChI=1S/C19H29N8O10P/c20-11-1-2-26(19(31)25-11)12-3-8(9(4-28)35-12)37-38(32,33)34-5-10-14(29)15(30)18(36-10)27-7-24-13-16(21)22-6-23-17(13)27/h6-10,12,14-15,18,28-30,32-33,38H,1-5H2,(H2,20,25,31)(H2,21,22,23)/t8-,9+,10+,12+,14+,15+,18+/m0/s1. The van der Waals surface area contributed by atoms with Crippen LogP contribution in [-0.4, -0.2) is 118 Å². The zero-order valence-electron chi connectivity index (χ0n) is 19.8. The number of aliphatic hydroxyl groups is 3. The van der Waals surface area contributed by atoms with Crippen LogP contribution >= 0.6 is 8.17 Å². The monoisotopic (exact) mass is 560 g/mol. The van der Waals surface area contributed by atoms with Gasteiger partial charge in [0, 0.05) is 0 Å². The fourth-order valence-corrected chi connectivity index (χ4v) is 5.69. The average Bonchev–Trinajstić information content (AvgIpc) is 3.55. The molecule has 0 radical (unpaired) electrons. The maximum absolute atomic E-state index is 12.2. The summed E-state index contributed by atoms with van der Waals surface area (Å²) in [5.41, 5.74) is 11.9. The van der Waals surface area contributed by atoms with E-state index in [9.17, 15) is 29.9 Å². The molecule has 3 aliphatic rings. The molecule has 18 nitrogen and oxygen atoms in total. The van der Waals surface area contributed by atoms with Crippen LogP contribution in [0.25, 0.3) is 11.2 Å². The quantitative estimate of drug-likeness (QED) is 0.160. The molecular formula is C19H29N8O10P. The molecule has 38 heavy (non-hydrogen) atoms. The van der Waals surface area contributed by atoms with Crippen molar-refractivity contribution in [2.45, 2.75) is 55.8 Å². The molecule has 210 valence electrons. The van der Waals surface area contributed by atoms with Gasteiger partial charge in [-0.15, -0.1) is 0 Å². The molecule has 3 aliphatic heterocycles. The van der Waals surface area contributed by atoms with Crippen LogP contribution in [0.2, 0.25) is 0 Å². The van der Waals surface area contributed by atoms with E-state index in [1.807, 2.05) is 0 Å². The van der Waals surface area contributed by atoms with E-state index in [0.29, 0.717) is 6.42 Å². The number of aromatic nitrogens is 4. The van der Waals surface area contributed by atoms with Gasteiger partial charge in [0.25, 0.3) is 0 Å². The molecule has 0 spiro atoms. The second-order valence-corrected chi connectivity index (χ2v) is 10.6. The molecule has 0 unspecified atom stereocenters. The summed E-state index contributed by atoms with van der Waals surface area (Å²) in [6, 6.07) is -0.607. The van der Waals surface area contributed by atoms with Crippen molar-refractivity contribution in [3.63, 3.8) is 0 Å². The van der Waals surface area contributed by atoms with Crippen LogP contribution in [-0.2, 0) is 18.5 Å². The van der Waals surface area contributed by atoms with Crippen molar-refractivity contribution in [3.05, 3.63) is 12.7 Å². The predicted octanol–water partition coefficient (Wildman–Crippen LogP) is -2.89. The first-order valence-corrected chi connectivity index (χ1v) is 13.4. The van der Waals surface area contributed by atoms with Crippen molar-refractivity contribution < 1.29 is 48.4 Å². The van der Waals surface area contributed by atoms with Crippen molar-refractivity contribution in [2.24, 2.45) is 10.7 Å². The number of fused-ring (bicyclic) bond motifs is 1. The third-order valence-electron chi connectivity index (χ3n) is 6.54. The van der Waals surface area contributed by atoms with E-state index >= 15 is 0 Å². The number of imidazole rings is 1. The van der Waals surface area contributed by atoms with Gasteiger partial charge in [-0.2, -0.15) is 0 Å². The Morgan fingerprint density at radius 3 is 2.66 bits per heavy atom. The number of ether oxygens (including phenoxy) is 2. The van der Waals surface area contributed by atoms with E-state index < -0.39 is 70.4 Å². The number of hydrogen-bond donors (Lipinski definition) is 7.